The zero-order chi connectivity index (χ0) is 8.97. The van der Waals surface area contributed by atoms with E-state index in [0.29, 0.717) is 5.75 Å². The molecule has 0 fully saturated rings. The third-order valence-electron chi connectivity index (χ3n) is 1.40. The molecule has 0 aliphatic rings. The SMILES string of the molecule is C#CC(C)Oc1ccccc1O. The van der Waals surface area contributed by atoms with E-state index in [4.69, 9.17) is 11.2 Å². The van der Waals surface area contributed by atoms with Crippen molar-refractivity contribution in [3.63, 3.8) is 0 Å². The van der Waals surface area contributed by atoms with Crippen LogP contribution in [-0.2, 0) is 0 Å². The second-order valence-corrected chi connectivity index (χ2v) is 2.39. The van der Waals surface area contributed by atoms with Gasteiger partial charge in [-0.05, 0) is 19.1 Å². The van der Waals surface area contributed by atoms with Gasteiger partial charge in [0.15, 0.2) is 17.6 Å². The van der Waals surface area contributed by atoms with Gasteiger partial charge >= 0.3 is 0 Å². The summed E-state index contributed by atoms with van der Waals surface area (Å²) in [4.78, 5) is 0. The summed E-state index contributed by atoms with van der Waals surface area (Å²) in [5, 5.41) is 9.26. The Kier molecular flexibility index (Phi) is 2.60. The molecule has 1 aromatic rings. The van der Waals surface area contributed by atoms with Crippen LogP contribution in [0.4, 0.5) is 0 Å². The van der Waals surface area contributed by atoms with Gasteiger partial charge in [-0.25, -0.2) is 0 Å². The first-order valence-electron chi connectivity index (χ1n) is 3.65. The van der Waals surface area contributed by atoms with E-state index in [2.05, 4.69) is 5.92 Å². The maximum atomic E-state index is 9.26. The van der Waals surface area contributed by atoms with Gasteiger partial charge in [0.25, 0.3) is 0 Å². The van der Waals surface area contributed by atoms with Crippen LogP contribution in [0.5, 0.6) is 11.5 Å². The number of ether oxygens (including phenoxy) is 1. The molecule has 0 saturated heterocycles. The Labute approximate surface area is 71.8 Å². The molecule has 0 saturated carbocycles. The number of phenolic OH excluding ortho intramolecular Hbond substituents is 1. The topological polar surface area (TPSA) is 29.5 Å². The van der Waals surface area contributed by atoms with E-state index in [0.717, 1.165) is 0 Å². The lowest BCUT2D eigenvalue weighted by Crippen LogP contribution is -2.07. The van der Waals surface area contributed by atoms with Crippen molar-refractivity contribution in [3.05, 3.63) is 24.3 Å². The van der Waals surface area contributed by atoms with Crippen LogP contribution in [0.25, 0.3) is 0 Å². The molecule has 2 heteroatoms. The standard InChI is InChI=1S/C10H10O2/c1-3-8(2)12-10-7-5-4-6-9(10)11/h1,4-8,11H,2H3. The van der Waals surface area contributed by atoms with Gasteiger partial charge in [0.2, 0.25) is 0 Å². The summed E-state index contributed by atoms with van der Waals surface area (Å²) in [7, 11) is 0. The summed E-state index contributed by atoms with van der Waals surface area (Å²) in [6.07, 6.45) is 4.79. The molecule has 0 amide bonds. The van der Waals surface area contributed by atoms with Crippen LogP contribution in [0.1, 0.15) is 6.92 Å². The molecule has 0 radical (unpaired) electrons. The lowest BCUT2D eigenvalue weighted by molar-refractivity contribution is 0.265. The van der Waals surface area contributed by atoms with Crippen LogP contribution in [-0.4, -0.2) is 11.2 Å². The van der Waals surface area contributed by atoms with Crippen molar-refractivity contribution in [1.29, 1.82) is 0 Å². The first-order valence-corrected chi connectivity index (χ1v) is 3.65. The maximum absolute atomic E-state index is 9.26. The predicted octanol–water partition coefficient (Wildman–Crippen LogP) is 1.79. The normalized spacial score (nSPS) is 11.7. The molecule has 62 valence electrons. The largest absolute Gasteiger partial charge is 0.504 e. The summed E-state index contributed by atoms with van der Waals surface area (Å²) >= 11 is 0. The summed E-state index contributed by atoms with van der Waals surface area (Å²) in [6.45, 7) is 1.74. The van der Waals surface area contributed by atoms with E-state index in [1.54, 1.807) is 31.2 Å². The van der Waals surface area contributed by atoms with Crippen molar-refractivity contribution in [2.45, 2.75) is 13.0 Å². The molecule has 1 rings (SSSR count). The molecular formula is C10H10O2. The summed E-state index contributed by atoms with van der Waals surface area (Å²) in [5.74, 6) is 2.94. The highest BCUT2D eigenvalue weighted by molar-refractivity contribution is 5.38. The quantitative estimate of drug-likeness (QED) is 0.672. The molecular weight excluding hydrogens is 152 g/mol. The number of para-hydroxylation sites is 2. The van der Waals surface area contributed by atoms with Crippen LogP contribution in [0.15, 0.2) is 24.3 Å². The third kappa shape index (κ3) is 1.93. The smallest absolute Gasteiger partial charge is 0.162 e. The number of aromatic hydroxyl groups is 1. The second-order valence-electron chi connectivity index (χ2n) is 2.39. The van der Waals surface area contributed by atoms with Crippen LogP contribution in [0, 0.1) is 12.3 Å². The van der Waals surface area contributed by atoms with Crippen molar-refractivity contribution in [2.24, 2.45) is 0 Å². The number of terminal acetylenes is 1. The van der Waals surface area contributed by atoms with Gasteiger partial charge in [0.1, 0.15) is 0 Å². The number of rotatable bonds is 2. The molecule has 0 spiro atoms. The Morgan fingerprint density at radius 3 is 2.75 bits per heavy atom. The fourth-order valence-electron chi connectivity index (χ4n) is 0.781. The third-order valence-corrected chi connectivity index (χ3v) is 1.40. The van der Waals surface area contributed by atoms with E-state index >= 15 is 0 Å². The Bertz CT molecular complexity index is 299. The Balaban J connectivity index is 2.77. The summed E-state index contributed by atoms with van der Waals surface area (Å²) in [5.41, 5.74) is 0. The minimum Gasteiger partial charge on any atom is -0.504 e. The van der Waals surface area contributed by atoms with Crippen molar-refractivity contribution < 1.29 is 9.84 Å². The van der Waals surface area contributed by atoms with Gasteiger partial charge < -0.3 is 9.84 Å². The maximum Gasteiger partial charge on any atom is 0.162 e. The van der Waals surface area contributed by atoms with Gasteiger partial charge in [0, 0.05) is 0 Å². The molecule has 2 nitrogen and oxygen atoms in total. The lowest BCUT2D eigenvalue weighted by Gasteiger charge is -2.09. The lowest BCUT2D eigenvalue weighted by atomic mass is 10.3. The number of phenols is 1. The molecule has 1 N–H and O–H groups in total. The predicted molar refractivity (Wildman–Crippen MR) is 47.0 cm³/mol. The molecule has 0 aliphatic heterocycles. The zero-order valence-corrected chi connectivity index (χ0v) is 6.82. The van der Waals surface area contributed by atoms with Crippen molar-refractivity contribution >= 4 is 0 Å². The van der Waals surface area contributed by atoms with Gasteiger partial charge in [-0.3, -0.25) is 0 Å². The van der Waals surface area contributed by atoms with E-state index in [1.165, 1.54) is 0 Å². The molecule has 0 bridgehead atoms. The number of hydrogen-bond donors (Lipinski definition) is 1. The fraction of sp³-hybridized carbons (Fsp3) is 0.200. The van der Waals surface area contributed by atoms with E-state index < -0.39 is 0 Å². The highest BCUT2D eigenvalue weighted by Crippen LogP contribution is 2.25. The average molecular weight is 162 g/mol. The average Bonchev–Trinajstić information content (AvgIpc) is 2.09. The van der Waals surface area contributed by atoms with Gasteiger partial charge in [-0.15, -0.1) is 6.42 Å². The molecule has 1 atom stereocenters. The van der Waals surface area contributed by atoms with Crippen LogP contribution in [0.2, 0.25) is 0 Å². The number of benzene rings is 1. The second kappa shape index (κ2) is 3.68. The minimum atomic E-state index is -0.321. The van der Waals surface area contributed by atoms with E-state index in [-0.39, 0.29) is 11.9 Å². The summed E-state index contributed by atoms with van der Waals surface area (Å²) in [6, 6.07) is 6.72. The van der Waals surface area contributed by atoms with Gasteiger partial charge in [-0.2, -0.15) is 0 Å². The minimum absolute atomic E-state index is 0.111. The van der Waals surface area contributed by atoms with Crippen molar-refractivity contribution in [3.8, 4) is 23.8 Å². The monoisotopic (exact) mass is 162 g/mol. The molecule has 1 aromatic carbocycles. The van der Waals surface area contributed by atoms with E-state index in [1.807, 2.05) is 0 Å². The molecule has 12 heavy (non-hydrogen) atoms. The molecule has 1 unspecified atom stereocenters. The van der Waals surface area contributed by atoms with Crippen LogP contribution in [0.3, 0.4) is 0 Å². The van der Waals surface area contributed by atoms with Crippen molar-refractivity contribution in [2.75, 3.05) is 0 Å². The zero-order valence-electron chi connectivity index (χ0n) is 6.82. The highest BCUT2D eigenvalue weighted by Gasteiger charge is 2.02. The van der Waals surface area contributed by atoms with E-state index in [9.17, 15) is 5.11 Å². The Hall–Kier alpha value is -1.62. The highest BCUT2D eigenvalue weighted by atomic mass is 16.5. The first kappa shape index (κ1) is 8.48. The Morgan fingerprint density at radius 2 is 2.17 bits per heavy atom. The van der Waals surface area contributed by atoms with Crippen LogP contribution < -0.4 is 4.74 Å². The molecule has 0 aliphatic carbocycles. The fourth-order valence-corrected chi connectivity index (χ4v) is 0.781. The Morgan fingerprint density at radius 1 is 1.50 bits per heavy atom. The van der Waals surface area contributed by atoms with Gasteiger partial charge in [0.05, 0.1) is 0 Å². The van der Waals surface area contributed by atoms with Gasteiger partial charge in [-0.1, -0.05) is 18.1 Å². The first-order chi connectivity index (χ1) is 5.74. The molecule has 0 aromatic heterocycles. The summed E-state index contributed by atoms with van der Waals surface area (Å²) < 4.78 is 5.21. The molecule has 0 heterocycles. The number of hydrogen-bond acceptors (Lipinski definition) is 2. The van der Waals surface area contributed by atoms with Crippen LogP contribution >= 0.6 is 0 Å². The van der Waals surface area contributed by atoms with Crippen molar-refractivity contribution in [1.82, 2.24) is 0 Å².